The van der Waals surface area contributed by atoms with Crippen LogP contribution in [0.5, 0.6) is 0 Å². The summed E-state index contributed by atoms with van der Waals surface area (Å²) in [5.74, 6) is -0.399. The molecule has 1 saturated carbocycles. The van der Waals surface area contributed by atoms with E-state index < -0.39 is 5.91 Å². The van der Waals surface area contributed by atoms with E-state index in [-0.39, 0.29) is 12.6 Å². The van der Waals surface area contributed by atoms with E-state index in [1.54, 1.807) is 12.1 Å². The number of aldehydes is 1. The van der Waals surface area contributed by atoms with Gasteiger partial charge in [-0.15, -0.1) is 0 Å². The predicted octanol–water partition coefficient (Wildman–Crippen LogP) is 2.39. The van der Waals surface area contributed by atoms with Crippen LogP contribution in [0.1, 0.15) is 36.0 Å². The average molecular weight is 281 g/mol. The predicted molar refractivity (Wildman–Crippen MR) is 75.6 cm³/mol. The average Bonchev–Trinajstić information content (AvgIpc) is 2.89. The van der Waals surface area contributed by atoms with Gasteiger partial charge in [0.2, 0.25) is 5.91 Å². The zero-order valence-corrected chi connectivity index (χ0v) is 11.4. The maximum Gasteiger partial charge on any atom is 0.236 e. The summed E-state index contributed by atoms with van der Waals surface area (Å²) >= 11 is 6.04. The van der Waals surface area contributed by atoms with Gasteiger partial charge in [0, 0.05) is 11.7 Å². The molecule has 1 aliphatic rings. The number of nitrogens with zero attached hydrogens (tertiary/aromatic N) is 1. The minimum absolute atomic E-state index is 0.117. The molecule has 19 heavy (non-hydrogen) atoms. The van der Waals surface area contributed by atoms with Crippen LogP contribution >= 0.6 is 11.6 Å². The molecule has 2 N–H and O–H groups in total. The highest BCUT2D eigenvalue weighted by atomic mass is 35.5. The van der Waals surface area contributed by atoms with Crippen molar-refractivity contribution >= 4 is 29.5 Å². The number of nitrogens with two attached hydrogens (primary N) is 1. The highest BCUT2D eigenvalue weighted by Crippen LogP contribution is 2.32. The van der Waals surface area contributed by atoms with Gasteiger partial charge < -0.3 is 10.6 Å². The second kappa shape index (κ2) is 6.06. The lowest BCUT2D eigenvalue weighted by Crippen LogP contribution is -2.40. The summed E-state index contributed by atoms with van der Waals surface area (Å²) in [5.41, 5.74) is 6.46. The Morgan fingerprint density at radius 2 is 2.11 bits per heavy atom. The molecule has 0 bridgehead atoms. The Morgan fingerprint density at radius 1 is 1.42 bits per heavy atom. The van der Waals surface area contributed by atoms with Crippen LogP contribution in [0.3, 0.4) is 0 Å². The summed E-state index contributed by atoms with van der Waals surface area (Å²) in [7, 11) is 0. The number of anilines is 1. The van der Waals surface area contributed by atoms with E-state index in [1.807, 2.05) is 11.0 Å². The molecule has 0 heterocycles. The highest BCUT2D eigenvalue weighted by Gasteiger charge is 2.26. The van der Waals surface area contributed by atoms with Crippen LogP contribution in [-0.2, 0) is 4.79 Å². The largest absolute Gasteiger partial charge is 0.368 e. The number of rotatable bonds is 5. The Kier molecular flexibility index (Phi) is 4.43. The maximum atomic E-state index is 11.3. The number of primary amides is 1. The number of benzene rings is 1. The summed E-state index contributed by atoms with van der Waals surface area (Å²) in [6, 6.07) is 5.53. The molecule has 5 heteroatoms. The Balaban J connectivity index is 2.39. The quantitative estimate of drug-likeness (QED) is 0.842. The third kappa shape index (κ3) is 3.07. The molecular weight excluding hydrogens is 264 g/mol. The number of hydrogen-bond acceptors (Lipinski definition) is 3. The fourth-order valence-electron chi connectivity index (χ4n) is 2.69. The van der Waals surface area contributed by atoms with Gasteiger partial charge in [0.1, 0.15) is 0 Å². The van der Waals surface area contributed by atoms with Crippen molar-refractivity contribution in [2.45, 2.75) is 31.7 Å². The van der Waals surface area contributed by atoms with Gasteiger partial charge in [-0.2, -0.15) is 0 Å². The molecule has 1 aliphatic carbocycles. The first-order valence-electron chi connectivity index (χ1n) is 6.42. The van der Waals surface area contributed by atoms with Crippen LogP contribution in [0.25, 0.3) is 0 Å². The summed E-state index contributed by atoms with van der Waals surface area (Å²) < 4.78 is 0. The van der Waals surface area contributed by atoms with E-state index in [0.29, 0.717) is 16.3 Å². The highest BCUT2D eigenvalue weighted by molar-refractivity contribution is 6.33. The number of halogens is 1. The molecule has 0 unspecified atom stereocenters. The lowest BCUT2D eigenvalue weighted by Gasteiger charge is -2.31. The van der Waals surface area contributed by atoms with Crippen molar-refractivity contribution < 1.29 is 9.59 Å². The van der Waals surface area contributed by atoms with Gasteiger partial charge in [-0.3, -0.25) is 9.59 Å². The van der Waals surface area contributed by atoms with E-state index >= 15 is 0 Å². The van der Waals surface area contributed by atoms with Gasteiger partial charge in [-0.1, -0.05) is 30.5 Å². The van der Waals surface area contributed by atoms with Gasteiger partial charge in [-0.25, -0.2) is 0 Å². The van der Waals surface area contributed by atoms with Crippen LogP contribution in [0.4, 0.5) is 5.69 Å². The second-order valence-electron chi connectivity index (χ2n) is 4.82. The number of carbonyl (C=O) groups excluding carboxylic acids is 2. The van der Waals surface area contributed by atoms with Crippen molar-refractivity contribution in [2.24, 2.45) is 5.73 Å². The topological polar surface area (TPSA) is 63.4 Å². The second-order valence-corrected chi connectivity index (χ2v) is 5.23. The third-order valence-electron chi connectivity index (χ3n) is 3.55. The molecule has 1 amide bonds. The summed E-state index contributed by atoms with van der Waals surface area (Å²) in [4.78, 5) is 24.4. The summed E-state index contributed by atoms with van der Waals surface area (Å²) in [5, 5.41) is 0.403. The van der Waals surface area contributed by atoms with Crippen molar-refractivity contribution in [2.75, 3.05) is 11.4 Å². The van der Waals surface area contributed by atoms with Gasteiger partial charge in [0.05, 0.1) is 17.1 Å². The molecule has 0 atom stereocenters. The van der Waals surface area contributed by atoms with Gasteiger partial charge in [0.25, 0.3) is 0 Å². The molecule has 0 radical (unpaired) electrons. The van der Waals surface area contributed by atoms with E-state index in [2.05, 4.69) is 0 Å². The Bertz CT molecular complexity index is 484. The number of carbonyl (C=O) groups is 2. The van der Waals surface area contributed by atoms with E-state index in [4.69, 9.17) is 17.3 Å². The Hall–Kier alpha value is -1.55. The van der Waals surface area contributed by atoms with Crippen LogP contribution in [0.2, 0.25) is 5.02 Å². The smallest absolute Gasteiger partial charge is 0.236 e. The van der Waals surface area contributed by atoms with Crippen LogP contribution in [0, 0.1) is 0 Å². The minimum atomic E-state index is -0.399. The fraction of sp³-hybridized carbons (Fsp3) is 0.429. The molecule has 2 rings (SSSR count). The summed E-state index contributed by atoms with van der Waals surface area (Å²) in [6.07, 6.45) is 5.03. The van der Waals surface area contributed by atoms with Crippen molar-refractivity contribution in [3.05, 3.63) is 28.8 Å². The first-order valence-corrected chi connectivity index (χ1v) is 6.80. The van der Waals surface area contributed by atoms with Crippen molar-refractivity contribution in [3.8, 4) is 0 Å². The zero-order valence-electron chi connectivity index (χ0n) is 10.6. The van der Waals surface area contributed by atoms with Gasteiger partial charge in [0.15, 0.2) is 6.29 Å². The molecule has 4 nitrogen and oxygen atoms in total. The first-order chi connectivity index (χ1) is 9.13. The Labute approximate surface area is 117 Å². The lowest BCUT2D eigenvalue weighted by molar-refractivity contribution is -0.116. The van der Waals surface area contributed by atoms with Crippen LogP contribution in [-0.4, -0.2) is 24.8 Å². The van der Waals surface area contributed by atoms with E-state index in [9.17, 15) is 9.59 Å². The monoisotopic (exact) mass is 280 g/mol. The van der Waals surface area contributed by atoms with E-state index in [1.165, 1.54) is 0 Å². The van der Waals surface area contributed by atoms with Crippen molar-refractivity contribution in [1.82, 2.24) is 0 Å². The van der Waals surface area contributed by atoms with Crippen LogP contribution < -0.4 is 10.6 Å². The molecule has 102 valence electrons. The molecule has 1 aromatic rings. The van der Waals surface area contributed by atoms with Crippen molar-refractivity contribution in [1.29, 1.82) is 0 Å². The standard InChI is InChI=1S/C14H17ClN2O2/c15-12-6-3-7-13(11(12)9-18)17(8-14(16)19)10-4-1-2-5-10/h3,6-7,9-10H,1-2,4-5,8H2,(H2,16,19). The zero-order chi connectivity index (χ0) is 13.8. The fourth-order valence-corrected chi connectivity index (χ4v) is 2.90. The van der Waals surface area contributed by atoms with E-state index in [0.717, 1.165) is 32.0 Å². The maximum absolute atomic E-state index is 11.3. The number of hydrogen-bond donors (Lipinski definition) is 1. The molecule has 0 aliphatic heterocycles. The molecule has 0 aromatic heterocycles. The molecule has 0 spiro atoms. The SMILES string of the molecule is NC(=O)CN(c1cccc(Cl)c1C=O)C1CCCC1. The minimum Gasteiger partial charge on any atom is -0.368 e. The summed E-state index contributed by atoms with van der Waals surface area (Å²) in [6.45, 7) is 0.117. The normalized spacial score (nSPS) is 15.4. The lowest BCUT2D eigenvalue weighted by atomic mass is 10.1. The van der Waals surface area contributed by atoms with Crippen LogP contribution in [0.15, 0.2) is 18.2 Å². The number of amides is 1. The van der Waals surface area contributed by atoms with Gasteiger partial charge >= 0.3 is 0 Å². The Morgan fingerprint density at radius 3 is 2.68 bits per heavy atom. The first kappa shape index (κ1) is 13.9. The van der Waals surface area contributed by atoms with Gasteiger partial charge in [-0.05, 0) is 25.0 Å². The molecule has 1 aromatic carbocycles. The molecular formula is C14H17ClN2O2. The molecule has 0 saturated heterocycles. The van der Waals surface area contributed by atoms with Crippen molar-refractivity contribution in [3.63, 3.8) is 0 Å². The third-order valence-corrected chi connectivity index (χ3v) is 3.88. The molecule has 1 fully saturated rings.